The Hall–Kier alpha value is -0.570. The van der Waals surface area contributed by atoms with E-state index in [1.807, 2.05) is 0 Å². The molecule has 0 saturated carbocycles. The van der Waals surface area contributed by atoms with E-state index in [9.17, 15) is 4.79 Å². The summed E-state index contributed by atoms with van der Waals surface area (Å²) in [6.07, 6.45) is 1.56. The first kappa shape index (κ1) is 16.4. The van der Waals surface area contributed by atoms with Crippen LogP contribution in [0.1, 0.15) is 47.5 Å². The lowest BCUT2D eigenvalue weighted by molar-refractivity contribution is -0.122. The van der Waals surface area contributed by atoms with E-state index in [1.54, 1.807) is 0 Å². The van der Waals surface area contributed by atoms with Gasteiger partial charge in [-0.2, -0.15) is 0 Å². The Morgan fingerprint density at radius 1 is 1.12 bits per heavy atom. The minimum Gasteiger partial charge on any atom is -0.356 e. The number of carbonyl (C=O) groups excluding carboxylic acids is 1. The summed E-state index contributed by atoms with van der Waals surface area (Å²) in [4.78, 5) is 13.9. The lowest BCUT2D eigenvalue weighted by atomic mass is 9.90. The highest BCUT2D eigenvalue weighted by Gasteiger charge is 2.20. The van der Waals surface area contributed by atoms with Crippen LogP contribution in [0.4, 0.5) is 0 Å². The topological polar surface area (TPSA) is 32.3 Å². The van der Waals surface area contributed by atoms with Gasteiger partial charge in [-0.05, 0) is 31.3 Å². The van der Waals surface area contributed by atoms with Crippen molar-refractivity contribution in [1.82, 2.24) is 10.2 Å². The summed E-state index contributed by atoms with van der Waals surface area (Å²) in [7, 11) is 4.12. The molecule has 0 aromatic heterocycles. The number of nitrogens with zero attached hydrogens (tertiary/aromatic N) is 1. The Morgan fingerprint density at radius 2 is 1.65 bits per heavy atom. The summed E-state index contributed by atoms with van der Waals surface area (Å²) in [5.74, 6) is 0.173. The smallest absolute Gasteiger partial charge is 0.220 e. The number of hydrogen-bond donors (Lipinski definition) is 1. The fourth-order valence-corrected chi connectivity index (χ4v) is 1.83. The van der Waals surface area contributed by atoms with Gasteiger partial charge >= 0.3 is 0 Å². The highest BCUT2D eigenvalue weighted by atomic mass is 16.1. The molecule has 0 atom stereocenters. The zero-order chi connectivity index (χ0) is 13.7. The Morgan fingerprint density at radius 3 is 2.06 bits per heavy atom. The molecule has 0 aliphatic heterocycles. The van der Waals surface area contributed by atoms with Crippen LogP contribution in [0.2, 0.25) is 0 Å². The minimum atomic E-state index is 0.126. The van der Waals surface area contributed by atoms with Crippen LogP contribution in [0.5, 0.6) is 0 Å². The van der Waals surface area contributed by atoms with Crippen molar-refractivity contribution >= 4 is 5.91 Å². The molecule has 0 aliphatic rings. The molecule has 0 unspecified atom stereocenters. The predicted octanol–water partition coefficient (Wildman–Crippen LogP) is 2.52. The third kappa shape index (κ3) is 10.3. The quantitative estimate of drug-likeness (QED) is 0.776. The van der Waals surface area contributed by atoms with Gasteiger partial charge in [0.2, 0.25) is 5.91 Å². The number of amides is 1. The molecule has 17 heavy (non-hydrogen) atoms. The molecule has 0 radical (unpaired) electrons. The molecule has 0 aromatic carbocycles. The Kier molecular flexibility index (Phi) is 6.17. The summed E-state index contributed by atoms with van der Waals surface area (Å²) < 4.78 is 0. The summed E-state index contributed by atoms with van der Waals surface area (Å²) in [6.45, 7) is 12.6. The average molecular weight is 242 g/mol. The summed E-state index contributed by atoms with van der Waals surface area (Å²) >= 11 is 0. The second-order valence-corrected chi connectivity index (χ2v) is 7.24. The van der Waals surface area contributed by atoms with E-state index in [1.165, 1.54) is 0 Å². The monoisotopic (exact) mass is 242 g/mol. The molecule has 0 spiro atoms. The highest BCUT2D eigenvalue weighted by Crippen LogP contribution is 2.20. The van der Waals surface area contributed by atoms with Gasteiger partial charge in [0.1, 0.15) is 0 Å². The third-order valence-corrected chi connectivity index (χ3v) is 2.61. The number of nitrogens with one attached hydrogen (secondary N) is 1. The molecule has 3 nitrogen and oxygen atoms in total. The van der Waals surface area contributed by atoms with Gasteiger partial charge in [-0.25, -0.2) is 0 Å². The average Bonchev–Trinajstić information content (AvgIpc) is 2.08. The van der Waals surface area contributed by atoms with Crippen LogP contribution in [0.25, 0.3) is 0 Å². The second kappa shape index (κ2) is 6.39. The van der Waals surface area contributed by atoms with Crippen molar-refractivity contribution in [1.29, 1.82) is 0 Å². The van der Waals surface area contributed by atoms with E-state index in [2.05, 4.69) is 58.9 Å². The van der Waals surface area contributed by atoms with E-state index in [0.717, 1.165) is 19.5 Å². The van der Waals surface area contributed by atoms with E-state index in [-0.39, 0.29) is 16.7 Å². The molecule has 0 bridgehead atoms. The van der Waals surface area contributed by atoms with Crippen LogP contribution in [0.3, 0.4) is 0 Å². The second-order valence-electron chi connectivity index (χ2n) is 7.24. The maximum absolute atomic E-state index is 11.7. The summed E-state index contributed by atoms with van der Waals surface area (Å²) in [5, 5.41) is 3.04. The van der Waals surface area contributed by atoms with Gasteiger partial charge in [-0.3, -0.25) is 4.79 Å². The highest BCUT2D eigenvalue weighted by molar-refractivity contribution is 5.75. The van der Waals surface area contributed by atoms with Gasteiger partial charge < -0.3 is 10.2 Å². The molecule has 0 heterocycles. The number of hydrogen-bond acceptors (Lipinski definition) is 2. The van der Waals surface area contributed by atoms with Gasteiger partial charge in [0.25, 0.3) is 0 Å². The van der Waals surface area contributed by atoms with Crippen molar-refractivity contribution in [2.45, 2.75) is 47.5 Å². The predicted molar refractivity (Wildman–Crippen MR) is 74.0 cm³/mol. The standard InChI is InChI=1S/C14H30N2O/c1-13(2,3)9-8-12(17)15-10-14(4,5)11-16(6)7/h8-11H2,1-7H3,(H,15,17). The molecular weight excluding hydrogens is 212 g/mol. The molecule has 3 heteroatoms. The molecule has 0 aliphatic carbocycles. The lowest BCUT2D eigenvalue weighted by Crippen LogP contribution is -2.40. The maximum atomic E-state index is 11.7. The number of rotatable bonds is 6. The van der Waals surface area contributed by atoms with Gasteiger partial charge in [-0.15, -0.1) is 0 Å². The summed E-state index contributed by atoms with van der Waals surface area (Å²) in [6, 6.07) is 0. The van der Waals surface area contributed by atoms with Gasteiger partial charge in [0.05, 0.1) is 0 Å². The fraction of sp³-hybridized carbons (Fsp3) is 0.929. The van der Waals surface area contributed by atoms with E-state index >= 15 is 0 Å². The normalized spacial score (nSPS) is 12.9. The molecule has 0 aromatic rings. The van der Waals surface area contributed by atoms with Crippen LogP contribution < -0.4 is 5.32 Å². The van der Waals surface area contributed by atoms with Crippen molar-refractivity contribution in [2.24, 2.45) is 10.8 Å². The summed E-state index contributed by atoms with van der Waals surface area (Å²) in [5.41, 5.74) is 0.359. The van der Waals surface area contributed by atoms with Gasteiger partial charge in [0.15, 0.2) is 0 Å². The van der Waals surface area contributed by atoms with E-state index in [0.29, 0.717) is 6.42 Å². The van der Waals surface area contributed by atoms with Crippen molar-refractivity contribution in [2.75, 3.05) is 27.2 Å². The lowest BCUT2D eigenvalue weighted by Gasteiger charge is -2.28. The van der Waals surface area contributed by atoms with E-state index < -0.39 is 0 Å². The van der Waals surface area contributed by atoms with Crippen molar-refractivity contribution < 1.29 is 4.79 Å². The molecule has 102 valence electrons. The van der Waals surface area contributed by atoms with Crippen LogP contribution in [-0.2, 0) is 4.79 Å². The molecule has 0 saturated heterocycles. The van der Waals surface area contributed by atoms with Crippen LogP contribution >= 0.6 is 0 Å². The molecule has 1 N–H and O–H groups in total. The van der Waals surface area contributed by atoms with Gasteiger partial charge in [-0.1, -0.05) is 34.6 Å². The fourth-order valence-electron chi connectivity index (χ4n) is 1.83. The maximum Gasteiger partial charge on any atom is 0.220 e. The Labute approximate surface area is 107 Å². The SMILES string of the molecule is CN(C)CC(C)(C)CNC(=O)CCC(C)(C)C. The van der Waals surface area contributed by atoms with Crippen LogP contribution in [0.15, 0.2) is 0 Å². The van der Waals surface area contributed by atoms with Crippen molar-refractivity contribution in [3.8, 4) is 0 Å². The van der Waals surface area contributed by atoms with Crippen molar-refractivity contribution in [3.05, 3.63) is 0 Å². The first-order valence-corrected chi connectivity index (χ1v) is 6.43. The third-order valence-electron chi connectivity index (χ3n) is 2.61. The van der Waals surface area contributed by atoms with Crippen molar-refractivity contribution in [3.63, 3.8) is 0 Å². The zero-order valence-corrected chi connectivity index (χ0v) is 12.7. The van der Waals surface area contributed by atoms with Gasteiger partial charge in [0, 0.05) is 19.5 Å². The largest absolute Gasteiger partial charge is 0.356 e. The van der Waals surface area contributed by atoms with E-state index in [4.69, 9.17) is 0 Å². The van der Waals surface area contributed by atoms with Crippen LogP contribution in [-0.4, -0.2) is 38.0 Å². The molecule has 1 amide bonds. The molecular formula is C14H30N2O. The molecule has 0 fully saturated rings. The zero-order valence-electron chi connectivity index (χ0n) is 12.7. The number of carbonyl (C=O) groups is 1. The van der Waals surface area contributed by atoms with Crippen LogP contribution in [0, 0.1) is 10.8 Å². The first-order valence-electron chi connectivity index (χ1n) is 6.43. The Balaban J connectivity index is 3.91. The minimum absolute atomic E-state index is 0.126. The molecule has 0 rings (SSSR count). The Bertz CT molecular complexity index is 239. The first-order chi connectivity index (χ1) is 7.52.